The van der Waals surface area contributed by atoms with Crippen LogP contribution in [-0.4, -0.2) is 33.6 Å². The third-order valence-electron chi connectivity index (χ3n) is 4.88. The van der Waals surface area contributed by atoms with Gasteiger partial charge in [0.15, 0.2) is 0 Å². The summed E-state index contributed by atoms with van der Waals surface area (Å²) in [4.78, 5) is 34.0. The molecule has 6 heteroatoms. The minimum atomic E-state index is -1.37. The number of amides is 1. The maximum Gasteiger partial charge on any atom is 0.329 e. The van der Waals surface area contributed by atoms with Crippen LogP contribution in [0.15, 0.2) is 0 Å². The standard InChI is InChI=1S/C12H15NO5/c1-5(14)13-12(10(17)18)4-11(2-3-11)7-6(8(7)12)9(15)16/h6-8H,2-4H2,1H3,(H,13,14)(H,15,16)(H,17,18)/t6-,7-,8+,12-/m0/s1. The molecular weight excluding hydrogens is 238 g/mol. The van der Waals surface area contributed by atoms with Gasteiger partial charge in [0.25, 0.3) is 0 Å². The second-order valence-electron chi connectivity index (χ2n) is 5.91. The van der Waals surface area contributed by atoms with Crippen molar-refractivity contribution >= 4 is 17.8 Å². The molecule has 18 heavy (non-hydrogen) atoms. The third-order valence-corrected chi connectivity index (χ3v) is 4.88. The molecule has 3 N–H and O–H groups in total. The first-order valence-corrected chi connectivity index (χ1v) is 6.09. The summed E-state index contributed by atoms with van der Waals surface area (Å²) >= 11 is 0. The summed E-state index contributed by atoms with van der Waals surface area (Å²) < 4.78 is 0. The summed E-state index contributed by atoms with van der Waals surface area (Å²) in [7, 11) is 0. The van der Waals surface area contributed by atoms with Gasteiger partial charge in [-0.1, -0.05) is 0 Å². The van der Waals surface area contributed by atoms with Gasteiger partial charge in [-0.05, 0) is 30.6 Å². The third kappa shape index (κ3) is 1.20. The predicted octanol–water partition coefficient (Wildman–Crippen LogP) is 0.0766. The van der Waals surface area contributed by atoms with Crippen LogP contribution in [0.2, 0.25) is 0 Å². The SMILES string of the molecule is CC(=O)N[C@@]1(C(=O)O)CC2(CC2)[C@H]2[C@H](C(=O)O)[C@H]21. The summed E-state index contributed by atoms with van der Waals surface area (Å²) in [5.41, 5.74) is -1.51. The molecule has 3 saturated carbocycles. The van der Waals surface area contributed by atoms with Gasteiger partial charge in [0, 0.05) is 12.8 Å². The van der Waals surface area contributed by atoms with Crippen molar-refractivity contribution in [2.24, 2.45) is 23.2 Å². The van der Waals surface area contributed by atoms with Crippen LogP contribution in [0.3, 0.4) is 0 Å². The second-order valence-corrected chi connectivity index (χ2v) is 5.91. The van der Waals surface area contributed by atoms with E-state index in [0.717, 1.165) is 12.8 Å². The maximum absolute atomic E-state index is 11.6. The number of hydrogen-bond acceptors (Lipinski definition) is 3. The van der Waals surface area contributed by atoms with E-state index in [-0.39, 0.29) is 11.3 Å². The molecular formula is C12H15NO5. The quantitative estimate of drug-likeness (QED) is 0.660. The minimum absolute atomic E-state index is 0.0713. The fourth-order valence-corrected chi connectivity index (χ4v) is 4.17. The first-order valence-electron chi connectivity index (χ1n) is 6.09. The fourth-order valence-electron chi connectivity index (χ4n) is 4.17. The zero-order valence-corrected chi connectivity index (χ0v) is 9.97. The Morgan fingerprint density at radius 1 is 1.17 bits per heavy atom. The molecule has 0 saturated heterocycles. The summed E-state index contributed by atoms with van der Waals surface area (Å²) in [5.74, 6) is -3.57. The zero-order chi connectivity index (χ0) is 13.3. The molecule has 98 valence electrons. The smallest absolute Gasteiger partial charge is 0.329 e. The first kappa shape index (κ1) is 11.5. The van der Waals surface area contributed by atoms with E-state index >= 15 is 0 Å². The normalized spacial score (nSPS) is 42.2. The van der Waals surface area contributed by atoms with Crippen LogP contribution in [0.1, 0.15) is 26.2 Å². The monoisotopic (exact) mass is 253 g/mol. The van der Waals surface area contributed by atoms with Gasteiger partial charge in [-0.2, -0.15) is 0 Å². The zero-order valence-electron chi connectivity index (χ0n) is 9.97. The highest BCUT2D eigenvalue weighted by Gasteiger charge is 2.82. The van der Waals surface area contributed by atoms with Crippen LogP contribution in [0.5, 0.6) is 0 Å². The van der Waals surface area contributed by atoms with E-state index < -0.39 is 35.2 Å². The van der Waals surface area contributed by atoms with Gasteiger partial charge in [0.2, 0.25) is 5.91 Å². The number of carboxylic acid groups (broad SMARTS) is 2. The van der Waals surface area contributed by atoms with Gasteiger partial charge >= 0.3 is 11.9 Å². The molecule has 0 aromatic carbocycles. The summed E-state index contributed by atoms with van der Waals surface area (Å²) in [6, 6.07) is 0. The molecule has 0 radical (unpaired) electrons. The number of hydrogen-bond donors (Lipinski definition) is 3. The lowest BCUT2D eigenvalue weighted by Crippen LogP contribution is -2.56. The van der Waals surface area contributed by atoms with Crippen LogP contribution < -0.4 is 5.32 Å². The van der Waals surface area contributed by atoms with Crippen LogP contribution in [0.25, 0.3) is 0 Å². The maximum atomic E-state index is 11.6. The molecule has 0 heterocycles. The average Bonchev–Trinajstić information content (AvgIpc) is 3.04. The van der Waals surface area contributed by atoms with E-state index in [1.54, 1.807) is 0 Å². The topological polar surface area (TPSA) is 104 Å². The molecule has 3 fully saturated rings. The highest BCUT2D eigenvalue weighted by atomic mass is 16.4. The van der Waals surface area contributed by atoms with Gasteiger partial charge in [-0.3, -0.25) is 9.59 Å². The predicted molar refractivity (Wildman–Crippen MR) is 58.6 cm³/mol. The molecule has 0 unspecified atom stereocenters. The molecule has 0 aliphatic heterocycles. The number of aliphatic carboxylic acids is 2. The number of rotatable bonds is 3. The highest BCUT2D eigenvalue weighted by molar-refractivity contribution is 5.90. The van der Waals surface area contributed by atoms with Gasteiger partial charge in [-0.15, -0.1) is 0 Å². The molecule has 0 bridgehead atoms. The van der Waals surface area contributed by atoms with Gasteiger partial charge < -0.3 is 15.5 Å². The molecule has 3 rings (SSSR count). The molecule has 3 aliphatic carbocycles. The van der Waals surface area contributed by atoms with Crippen molar-refractivity contribution in [1.82, 2.24) is 5.32 Å². The lowest BCUT2D eigenvalue weighted by atomic mass is 9.85. The molecule has 1 amide bonds. The number of nitrogens with one attached hydrogen (secondary N) is 1. The van der Waals surface area contributed by atoms with Crippen molar-refractivity contribution in [3.8, 4) is 0 Å². The van der Waals surface area contributed by atoms with E-state index in [1.165, 1.54) is 6.92 Å². The summed E-state index contributed by atoms with van der Waals surface area (Å²) in [5, 5.41) is 21.1. The van der Waals surface area contributed by atoms with Crippen LogP contribution in [0.4, 0.5) is 0 Å². The first-order chi connectivity index (χ1) is 8.34. The van der Waals surface area contributed by atoms with Crippen molar-refractivity contribution in [3.63, 3.8) is 0 Å². The Morgan fingerprint density at radius 2 is 1.78 bits per heavy atom. The lowest BCUT2D eigenvalue weighted by Gasteiger charge is -2.29. The van der Waals surface area contributed by atoms with Crippen molar-refractivity contribution in [2.45, 2.75) is 31.7 Å². The Kier molecular flexibility index (Phi) is 1.95. The molecule has 1 spiro atoms. The number of carbonyl (C=O) groups is 3. The highest BCUT2D eigenvalue weighted by Crippen LogP contribution is 2.78. The Labute approximate surface area is 103 Å². The van der Waals surface area contributed by atoms with Gasteiger partial charge in [0.05, 0.1) is 5.92 Å². The van der Waals surface area contributed by atoms with E-state index in [4.69, 9.17) is 5.11 Å². The Hall–Kier alpha value is -1.59. The largest absolute Gasteiger partial charge is 0.481 e. The van der Waals surface area contributed by atoms with Crippen molar-refractivity contribution in [2.75, 3.05) is 0 Å². The van der Waals surface area contributed by atoms with Crippen molar-refractivity contribution in [1.29, 1.82) is 0 Å². The number of carbonyl (C=O) groups excluding carboxylic acids is 1. The van der Waals surface area contributed by atoms with E-state index in [2.05, 4.69) is 5.32 Å². The molecule has 6 nitrogen and oxygen atoms in total. The number of carboxylic acids is 2. The molecule has 0 aromatic rings. The minimum Gasteiger partial charge on any atom is -0.481 e. The Balaban J connectivity index is 1.98. The van der Waals surface area contributed by atoms with Crippen LogP contribution in [0, 0.1) is 23.2 Å². The van der Waals surface area contributed by atoms with Gasteiger partial charge in [-0.25, -0.2) is 4.79 Å². The summed E-state index contributed by atoms with van der Waals surface area (Å²) in [6.45, 7) is 1.27. The van der Waals surface area contributed by atoms with Crippen LogP contribution >= 0.6 is 0 Å². The second kappa shape index (κ2) is 3.05. The van der Waals surface area contributed by atoms with Gasteiger partial charge in [0.1, 0.15) is 5.54 Å². The molecule has 4 atom stereocenters. The van der Waals surface area contributed by atoms with E-state index in [9.17, 15) is 19.5 Å². The van der Waals surface area contributed by atoms with E-state index in [0.29, 0.717) is 6.42 Å². The lowest BCUT2D eigenvalue weighted by molar-refractivity contribution is -0.150. The van der Waals surface area contributed by atoms with Crippen molar-refractivity contribution in [3.05, 3.63) is 0 Å². The fraction of sp³-hybridized carbons (Fsp3) is 0.750. The van der Waals surface area contributed by atoms with Crippen LogP contribution in [-0.2, 0) is 14.4 Å². The van der Waals surface area contributed by atoms with E-state index in [1.807, 2.05) is 0 Å². The molecule has 0 aromatic heterocycles. The summed E-state index contributed by atoms with van der Waals surface area (Å²) in [6.07, 6.45) is 2.15. The Bertz CT molecular complexity index is 469. The average molecular weight is 253 g/mol. The number of fused-ring (bicyclic) bond motifs is 2. The van der Waals surface area contributed by atoms with Crippen molar-refractivity contribution < 1.29 is 24.6 Å². The molecule has 3 aliphatic rings. The Morgan fingerprint density at radius 3 is 2.17 bits per heavy atom.